The van der Waals surface area contributed by atoms with Gasteiger partial charge < -0.3 is 15.8 Å². The number of aliphatic imine (C=N–C) groups is 1. The van der Waals surface area contributed by atoms with Gasteiger partial charge in [0, 0.05) is 5.69 Å². The summed E-state index contributed by atoms with van der Waals surface area (Å²) in [6.07, 6.45) is 3.04. The Morgan fingerprint density at radius 3 is 2.57 bits per heavy atom. The number of nitrogens with zero attached hydrogens (tertiary/aromatic N) is 2. The number of halogens is 2. The molecule has 0 saturated heterocycles. The van der Waals surface area contributed by atoms with Crippen molar-refractivity contribution >= 4 is 46.8 Å². The van der Waals surface area contributed by atoms with Crippen molar-refractivity contribution in [3.05, 3.63) is 58.0 Å². The molecule has 28 heavy (non-hydrogen) atoms. The molecule has 4 N–H and O–H groups in total. The van der Waals surface area contributed by atoms with Gasteiger partial charge in [-0.25, -0.2) is 10.0 Å². The van der Waals surface area contributed by atoms with Crippen LogP contribution in [0.4, 0.5) is 11.4 Å². The van der Waals surface area contributed by atoms with Crippen molar-refractivity contribution < 1.29 is 9.53 Å². The molecule has 0 spiro atoms. The predicted molar refractivity (Wildman–Crippen MR) is 111 cm³/mol. The van der Waals surface area contributed by atoms with Crippen LogP contribution in [0.5, 0.6) is 11.5 Å². The lowest BCUT2D eigenvalue weighted by Crippen LogP contribution is -2.40. The first-order valence-electron chi connectivity index (χ1n) is 8.43. The smallest absolute Gasteiger partial charge is 0.234 e. The van der Waals surface area contributed by atoms with Gasteiger partial charge in [-0.2, -0.15) is 0 Å². The molecule has 2 aromatic carbocycles. The summed E-state index contributed by atoms with van der Waals surface area (Å²) in [4.78, 5) is 16.1. The Kier molecular flexibility index (Phi) is 4.36. The number of anilines is 2. The number of nitrogens with one attached hydrogen (secondary N) is 2. The molecule has 2 aliphatic heterocycles. The minimum atomic E-state index is -0.640. The van der Waals surface area contributed by atoms with Gasteiger partial charge in [-0.05, 0) is 49.7 Å². The van der Waals surface area contributed by atoms with E-state index in [1.54, 1.807) is 35.6 Å². The number of fused-ring (bicyclic) bond motifs is 1. The first-order valence-corrected chi connectivity index (χ1v) is 9.19. The van der Waals surface area contributed by atoms with Crippen LogP contribution < -0.4 is 26.2 Å². The minimum Gasteiger partial charge on any atom is -0.454 e. The molecule has 7 nitrogen and oxygen atoms in total. The first-order chi connectivity index (χ1) is 13.3. The first kappa shape index (κ1) is 18.5. The summed E-state index contributed by atoms with van der Waals surface area (Å²) in [5.74, 6) is 1.19. The molecule has 2 heterocycles. The van der Waals surface area contributed by atoms with E-state index in [2.05, 4.69) is 15.7 Å². The van der Waals surface area contributed by atoms with Crippen molar-refractivity contribution in [1.82, 2.24) is 5.43 Å². The molecule has 0 saturated carbocycles. The van der Waals surface area contributed by atoms with Gasteiger partial charge >= 0.3 is 0 Å². The van der Waals surface area contributed by atoms with Crippen molar-refractivity contribution in [3.63, 3.8) is 0 Å². The maximum absolute atomic E-state index is 12.1. The molecule has 2 aliphatic rings. The number of ether oxygens (including phenoxy) is 1. The number of nitrogens with two attached hydrogens (primary N) is 1. The van der Waals surface area contributed by atoms with E-state index in [4.69, 9.17) is 33.7 Å². The average Bonchev–Trinajstić information content (AvgIpc) is 2.87. The van der Waals surface area contributed by atoms with Gasteiger partial charge in [0.1, 0.15) is 17.9 Å². The molecule has 9 heteroatoms. The number of hydrazine groups is 1. The average molecular weight is 418 g/mol. The Morgan fingerprint density at radius 2 is 1.89 bits per heavy atom. The Labute approximate surface area is 171 Å². The maximum Gasteiger partial charge on any atom is 0.234 e. The second kappa shape index (κ2) is 6.61. The van der Waals surface area contributed by atoms with Crippen LogP contribution in [0.3, 0.4) is 0 Å². The van der Waals surface area contributed by atoms with Crippen molar-refractivity contribution in [2.24, 2.45) is 10.7 Å². The van der Waals surface area contributed by atoms with Gasteiger partial charge in [0.15, 0.2) is 5.75 Å². The summed E-state index contributed by atoms with van der Waals surface area (Å²) >= 11 is 12.8. The normalized spacial score (nSPS) is 16.9. The Hall–Kier alpha value is -2.90. The fraction of sp³-hybridized carbons (Fsp3) is 0.158. The highest BCUT2D eigenvalue weighted by atomic mass is 35.5. The van der Waals surface area contributed by atoms with Gasteiger partial charge in [0.2, 0.25) is 5.91 Å². The van der Waals surface area contributed by atoms with Gasteiger partial charge in [0.05, 0.1) is 27.3 Å². The van der Waals surface area contributed by atoms with E-state index >= 15 is 0 Å². The van der Waals surface area contributed by atoms with E-state index in [1.807, 2.05) is 19.9 Å². The lowest BCUT2D eigenvalue weighted by atomic mass is 9.86. The number of hydrogen-bond donors (Lipinski definition) is 3. The van der Waals surface area contributed by atoms with Crippen molar-refractivity contribution in [3.8, 4) is 11.5 Å². The number of benzene rings is 2. The third kappa shape index (κ3) is 3.12. The molecule has 0 radical (unpaired) electrons. The Balaban J connectivity index is 1.63. The molecule has 0 unspecified atom stereocenters. The van der Waals surface area contributed by atoms with E-state index in [9.17, 15) is 4.79 Å². The third-order valence-corrected chi connectivity index (χ3v) is 5.17. The predicted octanol–water partition coefficient (Wildman–Crippen LogP) is 4.13. The molecule has 0 aliphatic carbocycles. The van der Waals surface area contributed by atoms with Crippen LogP contribution >= 0.6 is 23.2 Å². The number of carbonyl (C=O) groups is 1. The summed E-state index contributed by atoms with van der Waals surface area (Å²) in [7, 11) is 0. The van der Waals surface area contributed by atoms with Gasteiger partial charge in [-0.3, -0.25) is 10.2 Å². The van der Waals surface area contributed by atoms with Crippen LogP contribution in [-0.2, 0) is 10.2 Å². The van der Waals surface area contributed by atoms with Crippen molar-refractivity contribution in [2.75, 3.05) is 10.3 Å². The molecule has 0 aromatic heterocycles. The number of carbonyl (C=O) groups excluding carboxylic acids is 1. The summed E-state index contributed by atoms with van der Waals surface area (Å²) in [5, 5.41) is 5.09. The SMILES string of the molecule is CC1(C)C(=O)Nc2ccc(Oc3c(Cl)cc(N4C=NC=C(N)N4)cc3Cl)cc21. The highest BCUT2D eigenvalue weighted by molar-refractivity contribution is 6.37. The van der Waals surface area contributed by atoms with Crippen LogP contribution in [-0.4, -0.2) is 12.2 Å². The van der Waals surface area contributed by atoms with E-state index in [0.717, 1.165) is 11.3 Å². The largest absolute Gasteiger partial charge is 0.454 e. The van der Waals surface area contributed by atoms with Crippen LogP contribution in [0, 0.1) is 0 Å². The topological polar surface area (TPSA) is 92.0 Å². The Morgan fingerprint density at radius 1 is 1.18 bits per heavy atom. The Bertz CT molecular complexity index is 1030. The van der Waals surface area contributed by atoms with E-state index in [0.29, 0.717) is 33.1 Å². The lowest BCUT2D eigenvalue weighted by molar-refractivity contribution is -0.119. The highest BCUT2D eigenvalue weighted by Gasteiger charge is 2.38. The zero-order valence-corrected chi connectivity index (χ0v) is 16.6. The molecule has 144 valence electrons. The van der Waals surface area contributed by atoms with Crippen LogP contribution in [0.2, 0.25) is 10.0 Å². The molecule has 0 bridgehead atoms. The molecule has 2 aromatic rings. The van der Waals surface area contributed by atoms with E-state index in [-0.39, 0.29) is 5.91 Å². The maximum atomic E-state index is 12.1. The van der Waals surface area contributed by atoms with Crippen LogP contribution in [0.15, 0.2) is 47.3 Å². The standard InChI is InChI=1S/C19H17Cl2N5O2/c1-19(2)12-7-11(3-4-15(12)24-18(19)27)28-17-13(20)5-10(6-14(17)21)26-9-23-8-16(22)25-26/h3-9,25H,22H2,1-2H3,(H,24,27). The minimum absolute atomic E-state index is 0.0518. The monoisotopic (exact) mass is 417 g/mol. The quantitative estimate of drug-likeness (QED) is 0.698. The summed E-state index contributed by atoms with van der Waals surface area (Å²) < 4.78 is 5.95. The van der Waals surface area contributed by atoms with Gasteiger partial charge in [-0.15, -0.1) is 0 Å². The zero-order chi connectivity index (χ0) is 20.1. The van der Waals surface area contributed by atoms with Gasteiger partial charge in [0.25, 0.3) is 0 Å². The molecule has 0 atom stereocenters. The fourth-order valence-corrected chi connectivity index (χ4v) is 3.58. The van der Waals surface area contributed by atoms with Crippen molar-refractivity contribution in [1.29, 1.82) is 0 Å². The molecular weight excluding hydrogens is 401 g/mol. The van der Waals surface area contributed by atoms with Gasteiger partial charge in [-0.1, -0.05) is 23.2 Å². The lowest BCUT2D eigenvalue weighted by Gasteiger charge is -2.24. The molecule has 0 fully saturated rings. The number of hydrogen-bond acceptors (Lipinski definition) is 6. The second-order valence-corrected chi connectivity index (χ2v) is 7.77. The molecular formula is C19H17Cl2N5O2. The third-order valence-electron chi connectivity index (χ3n) is 4.61. The second-order valence-electron chi connectivity index (χ2n) is 6.96. The number of rotatable bonds is 3. The summed E-state index contributed by atoms with van der Waals surface area (Å²) in [6.45, 7) is 3.72. The highest BCUT2D eigenvalue weighted by Crippen LogP contribution is 2.43. The van der Waals surface area contributed by atoms with E-state index in [1.165, 1.54) is 6.20 Å². The van der Waals surface area contributed by atoms with Crippen LogP contribution in [0.25, 0.3) is 0 Å². The van der Waals surface area contributed by atoms with Crippen LogP contribution in [0.1, 0.15) is 19.4 Å². The number of amides is 1. The fourth-order valence-electron chi connectivity index (χ4n) is 3.02. The molecule has 1 amide bonds. The summed E-state index contributed by atoms with van der Waals surface area (Å²) in [6, 6.07) is 8.74. The summed E-state index contributed by atoms with van der Waals surface area (Å²) in [5.41, 5.74) is 10.3. The zero-order valence-electron chi connectivity index (χ0n) is 15.1. The van der Waals surface area contributed by atoms with E-state index < -0.39 is 5.41 Å². The molecule has 4 rings (SSSR count). The van der Waals surface area contributed by atoms with Crippen molar-refractivity contribution in [2.45, 2.75) is 19.3 Å².